The molecule has 3 nitrogen and oxygen atoms in total. The van der Waals surface area contributed by atoms with Gasteiger partial charge in [0.25, 0.3) is 0 Å². The smallest absolute Gasteiger partial charge is 0.0480 e. The maximum absolute atomic E-state index is 5.46. The van der Waals surface area contributed by atoms with Gasteiger partial charge >= 0.3 is 0 Å². The number of rotatable bonds is 4. The van der Waals surface area contributed by atoms with Gasteiger partial charge in [-0.1, -0.05) is 0 Å². The minimum Gasteiger partial charge on any atom is -0.381 e. The lowest BCUT2D eigenvalue weighted by molar-refractivity contribution is 0.0193. The van der Waals surface area contributed by atoms with E-state index in [-0.39, 0.29) is 0 Å². The average Bonchev–Trinajstić information content (AvgIpc) is 2.79. The van der Waals surface area contributed by atoms with Crippen LogP contribution in [0, 0.1) is 0 Å². The number of hydrogen-bond donors (Lipinski definition) is 1. The minimum atomic E-state index is 0.658. The van der Waals surface area contributed by atoms with Gasteiger partial charge in [0.15, 0.2) is 0 Å². The highest BCUT2D eigenvalue weighted by atomic mass is 16.5. The molecule has 1 N–H and O–H groups in total. The minimum absolute atomic E-state index is 0.658. The quantitative estimate of drug-likeness (QED) is 0.788. The summed E-state index contributed by atoms with van der Waals surface area (Å²) in [6.45, 7) is 8.99. The largest absolute Gasteiger partial charge is 0.381 e. The van der Waals surface area contributed by atoms with Crippen LogP contribution in [-0.2, 0) is 4.74 Å². The van der Waals surface area contributed by atoms with Crippen LogP contribution in [0.5, 0.6) is 0 Å². The predicted octanol–water partition coefficient (Wildman–Crippen LogP) is 1.63. The van der Waals surface area contributed by atoms with Gasteiger partial charge in [0, 0.05) is 37.9 Å². The Balaban J connectivity index is 1.87. The van der Waals surface area contributed by atoms with E-state index in [1.807, 2.05) is 0 Å². The molecule has 2 rings (SSSR count). The van der Waals surface area contributed by atoms with Crippen LogP contribution < -0.4 is 5.32 Å². The normalized spacial score (nSPS) is 28.1. The number of nitrogens with one attached hydrogen (secondary N) is 1. The van der Waals surface area contributed by atoms with Crippen LogP contribution in [0.25, 0.3) is 0 Å². The van der Waals surface area contributed by atoms with Gasteiger partial charge in [0.2, 0.25) is 0 Å². The van der Waals surface area contributed by atoms with Gasteiger partial charge in [0.05, 0.1) is 0 Å². The van der Waals surface area contributed by atoms with Crippen molar-refractivity contribution in [2.45, 2.75) is 57.7 Å². The monoisotopic (exact) mass is 226 g/mol. The zero-order chi connectivity index (χ0) is 11.4. The summed E-state index contributed by atoms with van der Waals surface area (Å²) in [5, 5.41) is 3.61. The molecule has 0 bridgehead atoms. The van der Waals surface area contributed by atoms with E-state index in [9.17, 15) is 0 Å². The first-order valence-corrected chi connectivity index (χ1v) is 6.84. The van der Waals surface area contributed by atoms with Crippen LogP contribution in [0.2, 0.25) is 0 Å². The Labute approximate surface area is 99.5 Å². The number of ether oxygens (including phenoxy) is 1. The molecule has 94 valence electrons. The van der Waals surface area contributed by atoms with E-state index < -0.39 is 0 Å². The average molecular weight is 226 g/mol. The zero-order valence-corrected chi connectivity index (χ0v) is 10.7. The molecule has 16 heavy (non-hydrogen) atoms. The summed E-state index contributed by atoms with van der Waals surface area (Å²) >= 11 is 0. The molecule has 0 spiro atoms. The van der Waals surface area contributed by atoms with E-state index in [4.69, 9.17) is 4.74 Å². The van der Waals surface area contributed by atoms with E-state index >= 15 is 0 Å². The molecule has 2 aliphatic heterocycles. The van der Waals surface area contributed by atoms with Crippen molar-refractivity contribution < 1.29 is 4.74 Å². The molecule has 1 unspecified atom stereocenters. The molecule has 0 radical (unpaired) electrons. The zero-order valence-electron chi connectivity index (χ0n) is 10.7. The second kappa shape index (κ2) is 5.99. The summed E-state index contributed by atoms with van der Waals surface area (Å²) < 4.78 is 5.46. The van der Waals surface area contributed by atoms with Crippen molar-refractivity contribution in [3.8, 4) is 0 Å². The Morgan fingerprint density at radius 1 is 1.25 bits per heavy atom. The first kappa shape index (κ1) is 12.3. The standard InChI is InChI=1S/C13H26N2O/c1-11(2)15(10-12-4-3-7-14-12)13-5-8-16-9-6-13/h11-14H,3-10H2,1-2H3. The summed E-state index contributed by atoms with van der Waals surface area (Å²) in [4.78, 5) is 2.69. The van der Waals surface area contributed by atoms with E-state index in [0.29, 0.717) is 6.04 Å². The molecular weight excluding hydrogens is 200 g/mol. The van der Waals surface area contributed by atoms with Gasteiger partial charge < -0.3 is 10.1 Å². The van der Waals surface area contributed by atoms with Crippen molar-refractivity contribution in [3.63, 3.8) is 0 Å². The highest BCUT2D eigenvalue weighted by Gasteiger charge is 2.26. The Morgan fingerprint density at radius 2 is 2.00 bits per heavy atom. The molecule has 0 saturated carbocycles. The Bertz CT molecular complexity index is 196. The van der Waals surface area contributed by atoms with E-state index in [0.717, 1.165) is 25.3 Å². The first-order chi connectivity index (χ1) is 7.77. The van der Waals surface area contributed by atoms with Crippen LogP contribution in [0.1, 0.15) is 39.5 Å². The molecule has 2 heterocycles. The third-order valence-electron chi connectivity index (χ3n) is 3.92. The van der Waals surface area contributed by atoms with Gasteiger partial charge in [-0.25, -0.2) is 0 Å². The first-order valence-electron chi connectivity index (χ1n) is 6.84. The fourth-order valence-corrected chi connectivity index (χ4v) is 2.97. The van der Waals surface area contributed by atoms with Crippen LogP contribution >= 0.6 is 0 Å². The van der Waals surface area contributed by atoms with Gasteiger partial charge in [0.1, 0.15) is 0 Å². The van der Waals surface area contributed by atoms with Crippen molar-refractivity contribution in [1.29, 1.82) is 0 Å². The second-order valence-corrected chi connectivity index (χ2v) is 5.43. The van der Waals surface area contributed by atoms with Crippen molar-refractivity contribution in [1.82, 2.24) is 10.2 Å². The molecule has 2 saturated heterocycles. The fraction of sp³-hybridized carbons (Fsp3) is 1.00. The number of hydrogen-bond acceptors (Lipinski definition) is 3. The van der Waals surface area contributed by atoms with Gasteiger partial charge in [-0.15, -0.1) is 0 Å². The maximum Gasteiger partial charge on any atom is 0.0480 e. The molecule has 2 fully saturated rings. The lowest BCUT2D eigenvalue weighted by atomic mass is 10.0. The number of nitrogens with zero attached hydrogens (tertiary/aromatic N) is 1. The fourth-order valence-electron chi connectivity index (χ4n) is 2.97. The Hall–Kier alpha value is -0.120. The Kier molecular flexibility index (Phi) is 4.62. The molecule has 3 heteroatoms. The third-order valence-corrected chi connectivity index (χ3v) is 3.92. The second-order valence-electron chi connectivity index (χ2n) is 5.43. The molecule has 2 aliphatic rings. The van der Waals surface area contributed by atoms with Crippen molar-refractivity contribution in [3.05, 3.63) is 0 Å². The molecular formula is C13H26N2O. The summed E-state index contributed by atoms with van der Waals surface area (Å²) in [6.07, 6.45) is 5.13. The van der Waals surface area contributed by atoms with Crippen molar-refractivity contribution in [2.24, 2.45) is 0 Å². The molecule has 0 aliphatic carbocycles. The summed E-state index contributed by atoms with van der Waals surface area (Å²) in [7, 11) is 0. The van der Waals surface area contributed by atoms with E-state index in [2.05, 4.69) is 24.1 Å². The summed E-state index contributed by atoms with van der Waals surface area (Å²) in [6, 6.07) is 2.13. The molecule has 1 atom stereocenters. The van der Waals surface area contributed by atoms with Crippen LogP contribution in [0.4, 0.5) is 0 Å². The Morgan fingerprint density at radius 3 is 2.56 bits per heavy atom. The lowest BCUT2D eigenvalue weighted by Crippen LogP contribution is -2.48. The molecule has 0 aromatic carbocycles. The summed E-state index contributed by atoms with van der Waals surface area (Å²) in [5.41, 5.74) is 0. The van der Waals surface area contributed by atoms with Gasteiger partial charge in [-0.05, 0) is 46.1 Å². The topological polar surface area (TPSA) is 24.5 Å². The van der Waals surface area contributed by atoms with Crippen molar-refractivity contribution >= 4 is 0 Å². The molecule has 0 amide bonds. The maximum atomic E-state index is 5.46. The van der Waals surface area contributed by atoms with E-state index in [1.165, 1.54) is 38.8 Å². The van der Waals surface area contributed by atoms with Crippen molar-refractivity contribution in [2.75, 3.05) is 26.3 Å². The lowest BCUT2D eigenvalue weighted by Gasteiger charge is -2.38. The third kappa shape index (κ3) is 3.19. The summed E-state index contributed by atoms with van der Waals surface area (Å²) in [5.74, 6) is 0. The van der Waals surface area contributed by atoms with Crippen LogP contribution in [0.3, 0.4) is 0 Å². The SMILES string of the molecule is CC(C)N(CC1CCCN1)C1CCOCC1. The van der Waals surface area contributed by atoms with Crippen LogP contribution in [-0.4, -0.2) is 49.3 Å². The molecule has 0 aromatic rings. The predicted molar refractivity (Wildman–Crippen MR) is 66.7 cm³/mol. The van der Waals surface area contributed by atoms with Crippen LogP contribution in [0.15, 0.2) is 0 Å². The highest BCUT2D eigenvalue weighted by molar-refractivity contribution is 4.84. The highest BCUT2D eigenvalue weighted by Crippen LogP contribution is 2.19. The van der Waals surface area contributed by atoms with Gasteiger partial charge in [-0.3, -0.25) is 4.90 Å². The molecule has 0 aromatic heterocycles. The van der Waals surface area contributed by atoms with Gasteiger partial charge in [-0.2, -0.15) is 0 Å². The van der Waals surface area contributed by atoms with E-state index in [1.54, 1.807) is 0 Å².